The number of nitrogens with zero attached hydrogens (tertiary/aromatic N) is 3. The van der Waals surface area contributed by atoms with Gasteiger partial charge in [0.25, 0.3) is 0 Å². The number of nitriles is 1. The van der Waals surface area contributed by atoms with Gasteiger partial charge in [0.05, 0.1) is 24.8 Å². The maximum absolute atomic E-state index is 14.3. The number of methoxy groups -OCH3 is 1. The number of piperazine rings is 1. The SMILES string of the molecule is CCOc1cc(N2CCN(Cc3ccc(C(=O)OC)cc3F)CC2)ccc1C#N. The molecule has 0 radical (unpaired) electrons. The molecule has 1 fully saturated rings. The van der Waals surface area contributed by atoms with Gasteiger partial charge < -0.3 is 14.4 Å². The van der Waals surface area contributed by atoms with Crippen LogP contribution in [0.15, 0.2) is 36.4 Å². The number of ether oxygens (including phenoxy) is 2. The van der Waals surface area contributed by atoms with E-state index in [0.717, 1.165) is 31.9 Å². The molecule has 0 N–H and O–H groups in total. The van der Waals surface area contributed by atoms with Crippen molar-refractivity contribution in [2.75, 3.05) is 44.8 Å². The molecule has 1 saturated heterocycles. The molecular weight excluding hydrogens is 373 g/mol. The normalized spacial score (nSPS) is 14.3. The highest BCUT2D eigenvalue weighted by atomic mass is 19.1. The van der Waals surface area contributed by atoms with E-state index in [0.29, 0.717) is 30.0 Å². The Morgan fingerprint density at radius 3 is 2.55 bits per heavy atom. The molecule has 0 aliphatic carbocycles. The Labute approximate surface area is 170 Å². The van der Waals surface area contributed by atoms with Crippen LogP contribution < -0.4 is 9.64 Å². The summed E-state index contributed by atoms with van der Waals surface area (Å²) in [6.07, 6.45) is 0. The van der Waals surface area contributed by atoms with Crippen molar-refractivity contribution in [3.63, 3.8) is 0 Å². The smallest absolute Gasteiger partial charge is 0.337 e. The van der Waals surface area contributed by atoms with Gasteiger partial charge in [-0.2, -0.15) is 5.26 Å². The summed E-state index contributed by atoms with van der Waals surface area (Å²) in [7, 11) is 1.28. The number of anilines is 1. The number of esters is 1. The molecule has 0 unspecified atom stereocenters. The van der Waals surface area contributed by atoms with E-state index in [9.17, 15) is 14.4 Å². The quantitative estimate of drug-likeness (QED) is 0.698. The third-order valence-corrected chi connectivity index (χ3v) is 4.99. The average Bonchev–Trinajstić information content (AvgIpc) is 2.75. The van der Waals surface area contributed by atoms with Gasteiger partial charge in [-0.05, 0) is 31.2 Å². The molecule has 2 aromatic rings. The minimum atomic E-state index is -0.544. The fourth-order valence-corrected chi connectivity index (χ4v) is 3.40. The van der Waals surface area contributed by atoms with Crippen LogP contribution in [0.1, 0.15) is 28.4 Å². The average molecular weight is 397 g/mol. The number of carbonyl (C=O) groups is 1. The Kier molecular flexibility index (Phi) is 6.68. The number of hydrogen-bond donors (Lipinski definition) is 0. The largest absolute Gasteiger partial charge is 0.492 e. The van der Waals surface area contributed by atoms with E-state index in [1.807, 2.05) is 19.1 Å². The van der Waals surface area contributed by atoms with E-state index in [1.165, 1.54) is 13.2 Å². The van der Waals surface area contributed by atoms with Crippen molar-refractivity contribution in [2.24, 2.45) is 0 Å². The van der Waals surface area contributed by atoms with E-state index in [2.05, 4.69) is 20.6 Å². The zero-order valence-electron chi connectivity index (χ0n) is 16.7. The van der Waals surface area contributed by atoms with Crippen molar-refractivity contribution in [1.82, 2.24) is 4.90 Å². The molecule has 2 aromatic carbocycles. The first-order chi connectivity index (χ1) is 14.0. The summed E-state index contributed by atoms with van der Waals surface area (Å²) in [6, 6.07) is 12.2. The number of rotatable bonds is 6. The van der Waals surface area contributed by atoms with Crippen molar-refractivity contribution >= 4 is 11.7 Å². The van der Waals surface area contributed by atoms with E-state index in [4.69, 9.17) is 4.74 Å². The van der Waals surface area contributed by atoms with E-state index in [1.54, 1.807) is 18.2 Å². The van der Waals surface area contributed by atoms with Crippen molar-refractivity contribution < 1.29 is 18.7 Å². The maximum atomic E-state index is 14.3. The van der Waals surface area contributed by atoms with Gasteiger partial charge in [-0.15, -0.1) is 0 Å². The molecule has 152 valence electrons. The lowest BCUT2D eigenvalue weighted by Gasteiger charge is -2.36. The Morgan fingerprint density at radius 1 is 1.17 bits per heavy atom. The van der Waals surface area contributed by atoms with Crippen molar-refractivity contribution in [1.29, 1.82) is 5.26 Å². The Balaban J connectivity index is 1.62. The second-order valence-corrected chi connectivity index (χ2v) is 6.79. The maximum Gasteiger partial charge on any atom is 0.337 e. The molecule has 1 aliphatic heterocycles. The van der Waals surface area contributed by atoms with Gasteiger partial charge >= 0.3 is 5.97 Å². The van der Waals surface area contributed by atoms with Crippen LogP contribution >= 0.6 is 0 Å². The highest BCUT2D eigenvalue weighted by molar-refractivity contribution is 5.89. The molecule has 6 nitrogen and oxygen atoms in total. The molecule has 1 heterocycles. The molecule has 29 heavy (non-hydrogen) atoms. The van der Waals surface area contributed by atoms with Gasteiger partial charge in [-0.3, -0.25) is 4.90 Å². The summed E-state index contributed by atoms with van der Waals surface area (Å²) < 4.78 is 24.5. The highest BCUT2D eigenvalue weighted by Gasteiger charge is 2.20. The summed E-state index contributed by atoms with van der Waals surface area (Å²) in [5.41, 5.74) is 2.31. The Hall–Kier alpha value is -3.11. The second kappa shape index (κ2) is 9.39. The fourth-order valence-electron chi connectivity index (χ4n) is 3.40. The number of carbonyl (C=O) groups excluding carboxylic acids is 1. The van der Waals surface area contributed by atoms with Gasteiger partial charge in [0.15, 0.2) is 0 Å². The van der Waals surface area contributed by atoms with Gasteiger partial charge in [0.2, 0.25) is 0 Å². The first-order valence-electron chi connectivity index (χ1n) is 9.56. The van der Waals surface area contributed by atoms with Crippen molar-refractivity contribution in [3.8, 4) is 11.8 Å². The number of halogens is 1. The van der Waals surface area contributed by atoms with Crippen molar-refractivity contribution in [3.05, 3.63) is 58.9 Å². The van der Waals surface area contributed by atoms with Crippen LogP contribution in [0.5, 0.6) is 5.75 Å². The third-order valence-electron chi connectivity index (χ3n) is 4.99. The highest BCUT2D eigenvalue weighted by Crippen LogP contribution is 2.26. The van der Waals surface area contributed by atoms with Crippen molar-refractivity contribution in [2.45, 2.75) is 13.5 Å². The number of hydrogen-bond acceptors (Lipinski definition) is 6. The van der Waals surface area contributed by atoms with Crippen LogP contribution in [0.2, 0.25) is 0 Å². The van der Waals surface area contributed by atoms with Crippen LogP contribution in [-0.4, -0.2) is 50.8 Å². The van der Waals surface area contributed by atoms with Gasteiger partial charge in [0, 0.05) is 50.0 Å². The number of benzene rings is 2. The Bertz CT molecular complexity index is 918. The molecule has 3 rings (SSSR count). The topological polar surface area (TPSA) is 65.8 Å². The van der Waals surface area contributed by atoms with Crippen LogP contribution in [0.3, 0.4) is 0 Å². The van der Waals surface area contributed by atoms with Gasteiger partial charge in [-0.25, -0.2) is 9.18 Å². The predicted molar refractivity (Wildman–Crippen MR) is 108 cm³/mol. The van der Waals surface area contributed by atoms with Crippen LogP contribution in [0, 0.1) is 17.1 Å². The zero-order chi connectivity index (χ0) is 20.8. The molecule has 0 bridgehead atoms. The van der Waals surface area contributed by atoms with Crippen LogP contribution in [0.25, 0.3) is 0 Å². The molecule has 0 spiro atoms. The summed E-state index contributed by atoms with van der Waals surface area (Å²) in [5, 5.41) is 9.20. The molecule has 0 atom stereocenters. The van der Waals surface area contributed by atoms with E-state index < -0.39 is 11.8 Å². The lowest BCUT2D eigenvalue weighted by Crippen LogP contribution is -2.46. The molecule has 0 aromatic heterocycles. The van der Waals surface area contributed by atoms with Crippen LogP contribution in [-0.2, 0) is 11.3 Å². The van der Waals surface area contributed by atoms with E-state index in [-0.39, 0.29) is 5.56 Å². The Morgan fingerprint density at radius 2 is 1.93 bits per heavy atom. The molecule has 0 saturated carbocycles. The lowest BCUT2D eigenvalue weighted by atomic mass is 10.1. The summed E-state index contributed by atoms with van der Waals surface area (Å²) >= 11 is 0. The molecule has 7 heteroatoms. The van der Waals surface area contributed by atoms with Gasteiger partial charge in [-0.1, -0.05) is 6.07 Å². The standard InChI is InChI=1S/C22H24FN3O3/c1-3-29-21-13-19(7-6-17(21)14-24)26-10-8-25(9-11-26)15-18-5-4-16(12-20(18)23)22(27)28-2/h4-7,12-13H,3,8-11,15H2,1-2H3. The minimum Gasteiger partial charge on any atom is -0.492 e. The first-order valence-corrected chi connectivity index (χ1v) is 9.56. The zero-order valence-corrected chi connectivity index (χ0v) is 16.7. The second-order valence-electron chi connectivity index (χ2n) is 6.79. The summed E-state index contributed by atoms with van der Waals surface area (Å²) in [5.74, 6) is -0.343. The minimum absolute atomic E-state index is 0.212. The molecule has 0 amide bonds. The van der Waals surface area contributed by atoms with Crippen LogP contribution in [0.4, 0.5) is 10.1 Å². The lowest BCUT2D eigenvalue weighted by molar-refractivity contribution is 0.0600. The van der Waals surface area contributed by atoms with E-state index >= 15 is 0 Å². The first kappa shape index (κ1) is 20.6. The fraction of sp³-hybridized carbons (Fsp3) is 0.364. The monoisotopic (exact) mass is 397 g/mol. The molecular formula is C22H24FN3O3. The summed E-state index contributed by atoms with van der Waals surface area (Å²) in [6.45, 7) is 6.03. The summed E-state index contributed by atoms with van der Waals surface area (Å²) in [4.78, 5) is 15.9. The molecule has 1 aliphatic rings. The third kappa shape index (κ3) is 4.84. The predicted octanol–water partition coefficient (Wildman–Crippen LogP) is 3.20. The van der Waals surface area contributed by atoms with Gasteiger partial charge in [0.1, 0.15) is 17.6 Å².